The Bertz CT molecular complexity index is 585. The molecule has 0 aliphatic carbocycles. The van der Waals surface area contributed by atoms with Crippen LogP contribution in [0, 0.1) is 6.92 Å². The van der Waals surface area contributed by atoms with Crippen molar-refractivity contribution in [1.29, 1.82) is 0 Å². The first kappa shape index (κ1) is 14.0. The van der Waals surface area contributed by atoms with E-state index >= 15 is 0 Å². The Morgan fingerprint density at radius 1 is 1.47 bits per heavy atom. The first-order chi connectivity index (χ1) is 9.06. The molecule has 0 saturated heterocycles. The van der Waals surface area contributed by atoms with Crippen molar-refractivity contribution < 1.29 is 4.79 Å². The van der Waals surface area contributed by atoms with Crippen molar-refractivity contribution in [2.24, 2.45) is 0 Å². The number of nitrogens with zero attached hydrogens (tertiary/aromatic N) is 2. The summed E-state index contributed by atoms with van der Waals surface area (Å²) in [5.74, 6) is -0.0674. The number of aryl methyl sites for hydroxylation is 1. The van der Waals surface area contributed by atoms with Gasteiger partial charge in [-0.25, -0.2) is 4.98 Å². The maximum Gasteiger partial charge on any atom is 0.243 e. The molecule has 19 heavy (non-hydrogen) atoms. The molecule has 0 aliphatic heterocycles. The van der Waals surface area contributed by atoms with Gasteiger partial charge in [-0.3, -0.25) is 4.79 Å². The standard InChI is InChI=1S/C13H14BrN3OS/c1-9-7-15-13(19-9)17(2)8-12(18)16-11-6-4-3-5-10(11)14/h3-7H,8H2,1-2H3,(H,16,18). The summed E-state index contributed by atoms with van der Waals surface area (Å²) in [6, 6.07) is 7.54. The molecule has 0 aliphatic rings. The first-order valence-corrected chi connectivity index (χ1v) is 7.35. The summed E-state index contributed by atoms with van der Waals surface area (Å²) in [6.45, 7) is 2.27. The molecule has 0 spiro atoms. The minimum Gasteiger partial charge on any atom is -0.342 e. The molecule has 1 amide bonds. The third-order valence-corrected chi connectivity index (χ3v) is 4.18. The molecule has 0 radical (unpaired) electrons. The molecule has 0 unspecified atom stereocenters. The second kappa shape index (κ2) is 6.16. The third kappa shape index (κ3) is 3.78. The second-order valence-electron chi connectivity index (χ2n) is 4.14. The smallest absolute Gasteiger partial charge is 0.243 e. The van der Waals surface area contributed by atoms with Gasteiger partial charge in [0.25, 0.3) is 0 Å². The molecule has 0 saturated carbocycles. The summed E-state index contributed by atoms with van der Waals surface area (Å²) >= 11 is 4.97. The number of rotatable bonds is 4. The predicted molar refractivity (Wildman–Crippen MR) is 82.9 cm³/mol. The largest absolute Gasteiger partial charge is 0.342 e. The zero-order chi connectivity index (χ0) is 13.8. The van der Waals surface area contributed by atoms with Crippen LogP contribution in [0.2, 0.25) is 0 Å². The molecule has 2 rings (SSSR count). The highest BCUT2D eigenvalue weighted by molar-refractivity contribution is 9.10. The van der Waals surface area contributed by atoms with Crippen molar-refractivity contribution in [3.05, 3.63) is 39.8 Å². The maximum absolute atomic E-state index is 12.0. The second-order valence-corrected chi connectivity index (χ2v) is 6.21. The lowest BCUT2D eigenvalue weighted by Gasteiger charge is -2.15. The summed E-state index contributed by atoms with van der Waals surface area (Å²) in [4.78, 5) is 19.2. The minimum atomic E-state index is -0.0674. The first-order valence-electron chi connectivity index (χ1n) is 5.74. The molecule has 4 nitrogen and oxygen atoms in total. The molecule has 6 heteroatoms. The zero-order valence-corrected chi connectivity index (χ0v) is 13.1. The quantitative estimate of drug-likeness (QED) is 0.929. The van der Waals surface area contributed by atoms with E-state index in [0.29, 0.717) is 0 Å². The van der Waals surface area contributed by atoms with E-state index in [1.54, 1.807) is 11.3 Å². The van der Waals surface area contributed by atoms with E-state index in [-0.39, 0.29) is 12.5 Å². The van der Waals surface area contributed by atoms with Crippen LogP contribution in [-0.4, -0.2) is 24.5 Å². The molecule has 0 fully saturated rings. The van der Waals surface area contributed by atoms with Crippen LogP contribution in [0.5, 0.6) is 0 Å². The monoisotopic (exact) mass is 339 g/mol. The SMILES string of the molecule is Cc1cnc(N(C)CC(=O)Nc2ccccc2Br)s1. The number of benzene rings is 1. The van der Waals surface area contributed by atoms with Gasteiger partial charge in [0.1, 0.15) is 0 Å². The van der Waals surface area contributed by atoms with E-state index in [1.807, 2.05) is 49.3 Å². The Balaban J connectivity index is 1.96. The number of anilines is 2. The van der Waals surface area contributed by atoms with Crippen molar-refractivity contribution in [3.8, 4) is 0 Å². The van der Waals surface area contributed by atoms with Gasteiger partial charge in [0, 0.05) is 22.6 Å². The summed E-state index contributed by atoms with van der Waals surface area (Å²) in [5.41, 5.74) is 0.774. The van der Waals surface area contributed by atoms with Crippen molar-refractivity contribution in [3.63, 3.8) is 0 Å². The molecule has 0 atom stereocenters. The van der Waals surface area contributed by atoms with E-state index < -0.39 is 0 Å². The van der Waals surface area contributed by atoms with Crippen molar-refractivity contribution in [1.82, 2.24) is 4.98 Å². The van der Waals surface area contributed by atoms with Gasteiger partial charge in [0.15, 0.2) is 5.13 Å². The van der Waals surface area contributed by atoms with E-state index in [0.717, 1.165) is 20.2 Å². The lowest BCUT2D eigenvalue weighted by atomic mass is 10.3. The zero-order valence-electron chi connectivity index (χ0n) is 10.7. The summed E-state index contributed by atoms with van der Waals surface area (Å²) < 4.78 is 0.871. The summed E-state index contributed by atoms with van der Waals surface area (Å²) in [5, 5.41) is 3.71. The number of carbonyl (C=O) groups is 1. The van der Waals surface area contributed by atoms with Crippen LogP contribution in [0.4, 0.5) is 10.8 Å². The number of hydrogen-bond donors (Lipinski definition) is 1. The van der Waals surface area contributed by atoms with Crippen LogP contribution in [0.15, 0.2) is 34.9 Å². The highest BCUT2D eigenvalue weighted by atomic mass is 79.9. The summed E-state index contributed by atoms with van der Waals surface area (Å²) in [6.07, 6.45) is 1.81. The fourth-order valence-corrected chi connectivity index (χ4v) is 2.66. The Hall–Kier alpha value is -1.40. The van der Waals surface area contributed by atoms with Crippen LogP contribution in [0.25, 0.3) is 0 Å². The Morgan fingerprint density at radius 2 is 2.21 bits per heavy atom. The number of carbonyl (C=O) groups excluding carboxylic acids is 1. The predicted octanol–water partition coefficient (Wildman–Crippen LogP) is 3.29. The van der Waals surface area contributed by atoms with E-state index in [2.05, 4.69) is 26.2 Å². The third-order valence-electron chi connectivity index (χ3n) is 2.46. The molecule has 1 heterocycles. The molecule has 1 aromatic carbocycles. The number of halogens is 1. The summed E-state index contributed by atoms with van der Waals surface area (Å²) in [7, 11) is 1.86. The van der Waals surface area contributed by atoms with Crippen LogP contribution >= 0.6 is 27.3 Å². The van der Waals surface area contributed by atoms with E-state index in [1.165, 1.54) is 0 Å². The number of thiazole rings is 1. The lowest BCUT2D eigenvalue weighted by Crippen LogP contribution is -2.30. The van der Waals surface area contributed by atoms with Gasteiger partial charge in [0.05, 0.1) is 12.2 Å². The molecule has 0 bridgehead atoms. The number of para-hydroxylation sites is 1. The van der Waals surface area contributed by atoms with Gasteiger partial charge < -0.3 is 10.2 Å². The van der Waals surface area contributed by atoms with Gasteiger partial charge in [-0.1, -0.05) is 12.1 Å². The van der Waals surface area contributed by atoms with Crippen LogP contribution in [0.1, 0.15) is 4.88 Å². The molecular weight excluding hydrogens is 326 g/mol. The molecule has 1 aromatic heterocycles. The Labute approximate surface area is 124 Å². The molecule has 1 N–H and O–H groups in total. The number of nitrogens with one attached hydrogen (secondary N) is 1. The molecule has 2 aromatic rings. The highest BCUT2D eigenvalue weighted by Crippen LogP contribution is 2.22. The fraction of sp³-hybridized carbons (Fsp3) is 0.231. The molecule has 100 valence electrons. The average molecular weight is 340 g/mol. The van der Waals surface area contributed by atoms with E-state index in [4.69, 9.17) is 0 Å². The van der Waals surface area contributed by atoms with Crippen LogP contribution < -0.4 is 10.2 Å². The number of likely N-dealkylation sites (N-methyl/N-ethyl adjacent to an activating group) is 1. The van der Waals surface area contributed by atoms with Crippen molar-refractivity contribution in [2.75, 3.05) is 23.8 Å². The van der Waals surface area contributed by atoms with Crippen LogP contribution in [-0.2, 0) is 4.79 Å². The van der Waals surface area contributed by atoms with Gasteiger partial charge in [-0.15, -0.1) is 11.3 Å². The van der Waals surface area contributed by atoms with Crippen molar-refractivity contribution >= 4 is 44.0 Å². The topological polar surface area (TPSA) is 45.2 Å². The van der Waals surface area contributed by atoms with Gasteiger partial charge in [-0.2, -0.15) is 0 Å². The number of aromatic nitrogens is 1. The van der Waals surface area contributed by atoms with Gasteiger partial charge >= 0.3 is 0 Å². The molecular formula is C13H14BrN3OS. The average Bonchev–Trinajstić information content (AvgIpc) is 2.79. The Kier molecular flexibility index (Phi) is 4.55. The van der Waals surface area contributed by atoms with Crippen LogP contribution in [0.3, 0.4) is 0 Å². The normalized spacial score (nSPS) is 10.3. The number of amides is 1. The van der Waals surface area contributed by atoms with Crippen molar-refractivity contribution in [2.45, 2.75) is 6.92 Å². The van der Waals surface area contributed by atoms with Gasteiger partial charge in [-0.05, 0) is 35.0 Å². The lowest BCUT2D eigenvalue weighted by molar-refractivity contribution is -0.114. The maximum atomic E-state index is 12.0. The minimum absolute atomic E-state index is 0.0674. The highest BCUT2D eigenvalue weighted by Gasteiger charge is 2.11. The number of hydrogen-bond acceptors (Lipinski definition) is 4. The Morgan fingerprint density at radius 3 is 2.84 bits per heavy atom. The fourth-order valence-electron chi connectivity index (χ4n) is 1.55. The van der Waals surface area contributed by atoms with Gasteiger partial charge in [0.2, 0.25) is 5.91 Å². The van der Waals surface area contributed by atoms with E-state index in [9.17, 15) is 4.79 Å².